The second-order valence-electron chi connectivity index (χ2n) is 9.50. The van der Waals surface area contributed by atoms with E-state index in [1.165, 1.54) is 33.7 Å². The van der Waals surface area contributed by atoms with Crippen molar-refractivity contribution in [3.05, 3.63) is 45.2 Å². The first-order valence-corrected chi connectivity index (χ1v) is 14.0. The van der Waals surface area contributed by atoms with E-state index in [0.29, 0.717) is 0 Å². The van der Waals surface area contributed by atoms with Gasteiger partial charge in [0.15, 0.2) is 36.1 Å². The van der Waals surface area contributed by atoms with E-state index in [2.05, 4.69) is 29.5 Å². The van der Waals surface area contributed by atoms with Gasteiger partial charge >= 0.3 is 0 Å². The van der Waals surface area contributed by atoms with Crippen LogP contribution >= 0.6 is 8.38 Å². The molecule has 4 aromatic heterocycles. The number of nitrogens with zero attached hydrogens (tertiary/aromatic N) is 4. The van der Waals surface area contributed by atoms with Crippen LogP contribution in [0.15, 0.2) is 34.1 Å². The molecule has 2 aliphatic rings. The summed E-state index contributed by atoms with van der Waals surface area (Å²) in [5, 5.41) is 37.5. The van der Waals surface area contributed by atoms with Crippen molar-refractivity contribution in [2.75, 3.05) is 24.4 Å². The molecule has 11 N–H and O–H groups in total. The largest absolute Gasteiger partial charge is 0.394 e. The Morgan fingerprint density at radius 3 is 1.89 bits per heavy atom. The standard InChI is InChI=1S/C11H14FN4O7P.C11H13FN4O4/c12-5-6(18)10(22-23-24(20)3-17)21-9(5)16-2-1-4-7(16)14-11(13)15-8(4)19;12-6-7(18)5(3-17)20-10(6)16-2-1-4-8(16)14-11(13)15-9(4)19/h1-2,5-6,9-10,17-18,20H,3H2,(H3,13,14,15,19);1-2,5-7,10,17-18H,3H2,(H3,13,14,15,19)/t5-,6?,9+,10+,24?;5-,6+,7?,10-/m01/s1. The number of alkyl halides is 2. The number of aromatic nitrogens is 6. The van der Waals surface area contributed by atoms with Crippen molar-refractivity contribution in [1.29, 1.82) is 0 Å². The molecule has 9 atom stereocenters. The molecule has 0 saturated carbocycles. The summed E-state index contributed by atoms with van der Waals surface area (Å²) in [6.07, 6.45) is -9.88. The number of rotatable bonds is 7. The van der Waals surface area contributed by atoms with Crippen LogP contribution in [-0.4, -0.2) is 104 Å². The molecule has 2 fully saturated rings. The van der Waals surface area contributed by atoms with E-state index in [9.17, 15) is 28.6 Å². The molecule has 3 unspecified atom stereocenters. The number of hydrogen-bond acceptors (Lipinski definition) is 15. The maximum atomic E-state index is 14.3. The number of anilines is 2. The van der Waals surface area contributed by atoms with Crippen LogP contribution in [0.3, 0.4) is 0 Å². The first-order valence-electron chi connectivity index (χ1n) is 12.6. The zero-order valence-corrected chi connectivity index (χ0v) is 23.1. The Kier molecular flexibility index (Phi) is 9.23. The zero-order chi connectivity index (χ0) is 31.9. The van der Waals surface area contributed by atoms with E-state index >= 15 is 0 Å². The maximum absolute atomic E-state index is 14.3. The molecule has 2 aliphatic heterocycles. The molecular weight excluding hydrogens is 621 g/mol. The van der Waals surface area contributed by atoms with Crippen LogP contribution in [0, 0.1) is 0 Å². The normalized spacial score (nSPS) is 29.2. The van der Waals surface area contributed by atoms with Gasteiger partial charge < -0.3 is 55.4 Å². The van der Waals surface area contributed by atoms with Gasteiger partial charge in [0.2, 0.25) is 26.6 Å². The second-order valence-corrected chi connectivity index (χ2v) is 10.6. The van der Waals surface area contributed by atoms with Crippen LogP contribution < -0.4 is 22.6 Å². The van der Waals surface area contributed by atoms with E-state index in [-0.39, 0.29) is 34.0 Å². The van der Waals surface area contributed by atoms with Crippen molar-refractivity contribution in [2.24, 2.45) is 0 Å². The van der Waals surface area contributed by atoms with E-state index < -0.39 is 81.8 Å². The van der Waals surface area contributed by atoms with Gasteiger partial charge in [0.1, 0.15) is 24.7 Å². The molecule has 240 valence electrons. The van der Waals surface area contributed by atoms with Crippen LogP contribution in [-0.2, 0) is 19.0 Å². The summed E-state index contributed by atoms with van der Waals surface area (Å²) >= 11 is 0. The minimum Gasteiger partial charge on any atom is -0.394 e. The molecule has 4 aromatic rings. The number of fused-ring (bicyclic) bond motifs is 2. The fourth-order valence-electron chi connectivity index (χ4n) is 4.64. The van der Waals surface area contributed by atoms with Crippen molar-refractivity contribution in [2.45, 2.75) is 49.4 Å². The lowest BCUT2D eigenvalue weighted by Crippen LogP contribution is -2.30. The van der Waals surface area contributed by atoms with Gasteiger partial charge in [0.25, 0.3) is 11.1 Å². The molecule has 6 heterocycles. The average molecular weight is 648 g/mol. The van der Waals surface area contributed by atoms with Gasteiger partial charge in [-0.1, -0.05) is 0 Å². The van der Waals surface area contributed by atoms with E-state index in [1.807, 2.05) is 0 Å². The minimum atomic E-state index is -2.29. The van der Waals surface area contributed by atoms with Crippen molar-refractivity contribution < 1.29 is 53.1 Å². The first-order chi connectivity index (χ1) is 20.9. The number of nitrogen functional groups attached to an aromatic ring is 2. The van der Waals surface area contributed by atoms with Crippen molar-refractivity contribution in [3.63, 3.8) is 0 Å². The summed E-state index contributed by atoms with van der Waals surface area (Å²) in [7, 11) is -2.29. The predicted molar refractivity (Wildman–Crippen MR) is 145 cm³/mol. The van der Waals surface area contributed by atoms with Crippen LogP contribution in [0.5, 0.6) is 0 Å². The van der Waals surface area contributed by atoms with Crippen molar-refractivity contribution in [1.82, 2.24) is 29.1 Å². The molecule has 22 heteroatoms. The summed E-state index contributed by atoms with van der Waals surface area (Å²) in [5.74, 6) is -0.262. The van der Waals surface area contributed by atoms with E-state index in [1.54, 1.807) is 0 Å². The minimum absolute atomic E-state index is 0.0671. The average Bonchev–Trinajstić information content (AvgIpc) is 3.74. The lowest BCUT2D eigenvalue weighted by molar-refractivity contribution is -0.332. The molecule has 44 heavy (non-hydrogen) atoms. The van der Waals surface area contributed by atoms with Crippen molar-refractivity contribution in [3.8, 4) is 0 Å². The van der Waals surface area contributed by atoms with Gasteiger partial charge in [0.05, 0.1) is 17.4 Å². The molecule has 19 nitrogen and oxygen atoms in total. The lowest BCUT2D eigenvalue weighted by Gasteiger charge is -2.16. The Morgan fingerprint density at radius 2 is 1.41 bits per heavy atom. The monoisotopic (exact) mass is 648 g/mol. The summed E-state index contributed by atoms with van der Waals surface area (Å²) in [4.78, 5) is 49.7. The topological polar surface area (TPSA) is 291 Å². The number of aliphatic hydroxyl groups excluding tert-OH is 4. The Morgan fingerprint density at radius 1 is 0.909 bits per heavy atom. The number of aliphatic hydroxyl groups is 4. The third-order valence-corrected chi connectivity index (χ3v) is 7.22. The van der Waals surface area contributed by atoms with E-state index in [4.69, 9.17) is 36.0 Å². The van der Waals surface area contributed by atoms with Crippen LogP contribution in [0.4, 0.5) is 20.7 Å². The Hall–Kier alpha value is -3.63. The molecule has 0 aliphatic carbocycles. The number of hydrogen-bond donors (Lipinski definition) is 9. The summed E-state index contributed by atoms with van der Waals surface area (Å²) in [6, 6.07) is 2.85. The third-order valence-electron chi connectivity index (χ3n) is 6.72. The number of nitrogens with one attached hydrogen (secondary N) is 2. The van der Waals surface area contributed by atoms with Gasteiger partial charge in [-0.3, -0.25) is 19.6 Å². The highest BCUT2D eigenvalue weighted by Crippen LogP contribution is 2.38. The Balaban J connectivity index is 0.000000177. The highest BCUT2D eigenvalue weighted by Gasteiger charge is 2.48. The SMILES string of the molecule is Nc1nc2c(ccn2[C@@H]2O[C@H](CO)C(O)[C@@H]2F)c(=O)[nH]1.Nc1nc2c(ccn2[C@@H]2O[C@H](OOP(O)CO)C(O)[C@@H]2F)c(=O)[nH]1. The van der Waals surface area contributed by atoms with Crippen LogP contribution in [0.25, 0.3) is 22.1 Å². The van der Waals surface area contributed by atoms with Crippen LogP contribution in [0.1, 0.15) is 12.5 Å². The molecule has 0 aromatic carbocycles. The molecule has 2 saturated heterocycles. The van der Waals surface area contributed by atoms with Gasteiger partial charge in [-0.05, 0) is 12.1 Å². The van der Waals surface area contributed by atoms with E-state index in [0.717, 1.165) is 0 Å². The fraction of sp³-hybridized carbons (Fsp3) is 0.455. The predicted octanol–water partition coefficient (Wildman–Crippen LogP) is -2.04. The lowest BCUT2D eigenvalue weighted by atomic mass is 10.1. The van der Waals surface area contributed by atoms with Crippen LogP contribution in [0.2, 0.25) is 0 Å². The highest BCUT2D eigenvalue weighted by molar-refractivity contribution is 7.45. The molecule has 0 radical (unpaired) electrons. The molecule has 0 spiro atoms. The molecule has 0 bridgehead atoms. The number of aromatic amines is 2. The zero-order valence-electron chi connectivity index (χ0n) is 22.2. The number of ether oxygens (including phenoxy) is 2. The Bertz CT molecular complexity index is 1740. The summed E-state index contributed by atoms with van der Waals surface area (Å²) in [5.41, 5.74) is 10.2. The summed E-state index contributed by atoms with van der Waals surface area (Å²) in [6.45, 7) is -0.507. The van der Waals surface area contributed by atoms with Gasteiger partial charge in [0, 0.05) is 12.4 Å². The molecule has 6 rings (SSSR count). The third kappa shape index (κ3) is 5.89. The van der Waals surface area contributed by atoms with Gasteiger partial charge in [-0.25, -0.2) is 8.78 Å². The fourth-order valence-corrected chi connectivity index (χ4v) is 4.87. The van der Waals surface area contributed by atoms with Crippen molar-refractivity contribution >= 4 is 42.3 Å². The number of H-pyrrole nitrogens is 2. The molecular formula is C22H27F2N8O11P. The second kappa shape index (κ2) is 12.8. The quantitative estimate of drug-likeness (QED) is 0.0592. The first kappa shape index (κ1) is 31.8. The van der Waals surface area contributed by atoms with Gasteiger partial charge in [-0.2, -0.15) is 19.5 Å². The summed E-state index contributed by atoms with van der Waals surface area (Å²) < 4.78 is 45.8. The van der Waals surface area contributed by atoms with Gasteiger partial charge in [-0.15, -0.1) is 0 Å². The Labute approximate surface area is 244 Å². The number of nitrogens with two attached hydrogens (primary N) is 2. The highest BCUT2D eigenvalue weighted by atomic mass is 31.2. The smallest absolute Gasteiger partial charge is 0.261 e. The maximum Gasteiger partial charge on any atom is 0.261 e. The number of halogens is 2. The molecule has 0 amide bonds.